The maximum atomic E-state index is 12.5. The summed E-state index contributed by atoms with van der Waals surface area (Å²) in [6.45, 7) is 6.10. The van der Waals surface area contributed by atoms with Gasteiger partial charge < -0.3 is 10.4 Å². The molecule has 2 rings (SSSR count). The minimum absolute atomic E-state index is 0.113. The van der Waals surface area contributed by atoms with Crippen LogP contribution in [0.1, 0.15) is 47.1 Å². The van der Waals surface area contributed by atoms with Crippen molar-refractivity contribution in [1.82, 2.24) is 0 Å². The fourth-order valence-electron chi connectivity index (χ4n) is 2.08. The third kappa shape index (κ3) is 3.31. The van der Waals surface area contributed by atoms with Gasteiger partial charge in [-0.3, -0.25) is 4.79 Å². The zero-order valence-corrected chi connectivity index (χ0v) is 13.0. The molecule has 5 heteroatoms. The summed E-state index contributed by atoms with van der Waals surface area (Å²) in [6.07, 6.45) is 0. The van der Waals surface area contributed by atoms with Crippen LogP contribution >= 0.6 is 11.3 Å². The van der Waals surface area contributed by atoms with Crippen LogP contribution in [0.4, 0.5) is 5.00 Å². The van der Waals surface area contributed by atoms with Gasteiger partial charge in [-0.15, -0.1) is 11.3 Å². The topological polar surface area (TPSA) is 66.4 Å². The first-order valence-corrected chi connectivity index (χ1v) is 7.40. The molecule has 0 saturated heterocycles. The lowest BCUT2D eigenvalue weighted by atomic mass is 9.83. The van der Waals surface area contributed by atoms with Crippen LogP contribution < -0.4 is 5.32 Å². The van der Waals surface area contributed by atoms with Crippen molar-refractivity contribution in [2.24, 2.45) is 0 Å². The van der Waals surface area contributed by atoms with Crippen LogP contribution in [-0.2, 0) is 5.41 Å². The van der Waals surface area contributed by atoms with E-state index in [0.29, 0.717) is 10.6 Å². The molecule has 0 fully saturated rings. The molecule has 0 aliphatic carbocycles. The fourth-order valence-corrected chi connectivity index (χ4v) is 2.85. The van der Waals surface area contributed by atoms with Crippen molar-refractivity contribution in [1.29, 1.82) is 0 Å². The summed E-state index contributed by atoms with van der Waals surface area (Å²) in [7, 11) is 0. The highest BCUT2D eigenvalue weighted by Crippen LogP contribution is 2.28. The molecule has 1 amide bonds. The minimum atomic E-state index is -1.05. The summed E-state index contributed by atoms with van der Waals surface area (Å²) in [5.74, 6) is -1.33. The molecule has 4 nitrogen and oxygen atoms in total. The minimum Gasteiger partial charge on any atom is -0.478 e. The largest absolute Gasteiger partial charge is 0.478 e. The van der Waals surface area contributed by atoms with Crippen molar-refractivity contribution >= 4 is 28.2 Å². The smallest absolute Gasteiger partial charge is 0.338 e. The zero-order chi connectivity index (χ0) is 15.6. The maximum Gasteiger partial charge on any atom is 0.338 e. The van der Waals surface area contributed by atoms with Gasteiger partial charge in [0.15, 0.2) is 0 Å². The number of thiophene rings is 1. The normalized spacial score (nSPS) is 11.2. The van der Waals surface area contributed by atoms with Crippen LogP contribution in [0.5, 0.6) is 0 Å². The van der Waals surface area contributed by atoms with Crippen molar-refractivity contribution in [3.05, 3.63) is 52.4 Å². The average Bonchev–Trinajstić information content (AvgIpc) is 2.86. The van der Waals surface area contributed by atoms with Crippen molar-refractivity contribution in [2.75, 3.05) is 5.32 Å². The molecule has 1 aromatic heterocycles. The summed E-state index contributed by atoms with van der Waals surface area (Å²) in [5.41, 5.74) is 1.44. The number of carbonyl (C=O) groups excluding carboxylic acids is 1. The lowest BCUT2D eigenvalue weighted by Crippen LogP contribution is -2.21. The molecule has 0 spiro atoms. The van der Waals surface area contributed by atoms with Crippen LogP contribution in [0, 0.1) is 0 Å². The number of aromatic carboxylic acids is 1. The van der Waals surface area contributed by atoms with Gasteiger partial charge in [0.2, 0.25) is 0 Å². The Morgan fingerprint density at radius 3 is 2.38 bits per heavy atom. The van der Waals surface area contributed by atoms with Gasteiger partial charge in [-0.25, -0.2) is 4.79 Å². The quantitative estimate of drug-likeness (QED) is 0.900. The van der Waals surface area contributed by atoms with Crippen molar-refractivity contribution < 1.29 is 14.7 Å². The van der Waals surface area contributed by atoms with Crippen molar-refractivity contribution in [2.45, 2.75) is 26.2 Å². The predicted octanol–water partition coefficient (Wildman–Crippen LogP) is 4.00. The second-order valence-electron chi connectivity index (χ2n) is 5.72. The molecule has 2 aromatic rings. The zero-order valence-electron chi connectivity index (χ0n) is 12.1. The number of hydrogen-bond acceptors (Lipinski definition) is 3. The highest BCUT2D eigenvalue weighted by Gasteiger charge is 2.22. The summed E-state index contributed by atoms with van der Waals surface area (Å²) >= 11 is 1.20. The van der Waals surface area contributed by atoms with Gasteiger partial charge in [0, 0.05) is 5.56 Å². The van der Waals surface area contributed by atoms with E-state index >= 15 is 0 Å². The van der Waals surface area contributed by atoms with Crippen molar-refractivity contribution in [3.63, 3.8) is 0 Å². The third-order valence-corrected chi connectivity index (χ3v) is 3.93. The molecule has 0 radical (unpaired) electrons. The van der Waals surface area contributed by atoms with E-state index in [-0.39, 0.29) is 16.9 Å². The van der Waals surface area contributed by atoms with E-state index in [9.17, 15) is 9.59 Å². The van der Waals surface area contributed by atoms with Crippen LogP contribution in [0.3, 0.4) is 0 Å². The summed E-state index contributed by atoms with van der Waals surface area (Å²) < 4.78 is 0. The SMILES string of the molecule is CC(C)(C)c1ccccc1C(=O)Nc1sccc1C(=O)O. The van der Waals surface area contributed by atoms with Gasteiger partial charge in [-0.05, 0) is 28.5 Å². The molecular weight excluding hydrogens is 286 g/mol. The predicted molar refractivity (Wildman–Crippen MR) is 84.4 cm³/mol. The van der Waals surface area contributed by atoms with Gasteiger partial charge in [0.05, 0.1) is 5.56 Å². The Morgan fingerprint density at radius 1 is 1.10 bits per heavy atom. The molecule has 21 heavy (non-hydrogen) atoms. The Kier molecular flexibility index (Phi) is 4.14. The first-order chi connectivity index (χ1) is 9.80. The molecule has 0 saturated carbocycles. The number of carbonyl (C=O) groups is 2. The lowest BCUT2D eigenvalue weighted by Gasteiger charge is -2.22. The molecule has 2 N–H and O–H groups in total. The second kappa shape index (κ2) is 5.69. The average molecular weight is 303 g/mol. The standard InChI is InChI=1S/C16H17NO3S/c1-16(2,3)12-7-5-4-6-10(12)13(18)17-14-11(15(19)20)8-9-21-14/h4-9H,1-3H3,(H,17,18)(H,19,20). The van der Waals surface area contributed by atoms with E-state index < -0.39 is 5.97 Å². The van der Waals surface area contributed by atoms with E-state index in [1.54, 1.807) is 17.5 Å². The number of anilines is 1. The molecular formula is C16H17NO3S. The Bertz CT molecular complexity index is 683. The van der Waals surface area contributed by atoms with Gasteiger partial charge in [-0.1, -0.05) is 39.0 Å². The van der Waals surface area contributed by atoms with Gasteiger partial charge in [-0.2, -0.15) is 0 Å². The van der Waals surface area contributed by atoms with E-state index in [2.05, 4.69) is 5.32 Å². The van der Waals surface area contributed by atoms with Crippen LogP contribution in [0.25, 0.3) is 0 Å². The number of benzene rings is 1. The van der Waals surface area contributed by atoms with Crippen LogP contribution in [-0.4, -0.2) is 17.0 Å². The van der Waals surface area contributed by atoms with Gasteiger partial charge >= 0.3 is 5.97 Å². The van der Waals surface area contributed by atoms with E-state index in [1.807, 2.05) is 32.9 Å². The van der Waals surface area contributed by atoms with Crippen LogP contribution in [0.15, 0.2) is 35.7 Å². The molecule has 0 bridgehead atoms. The number of nitrogens with one attached hydrogen (secondary N) is 1. The molecule has 0 unspecified atom stereocenters. The van der Waals surface area contributed by atoms with E-state index in [0.717, 1.165) is 5.56 Å². The Morgan fingerprint density at radius 2 is 1.76 bits per heavy atom. The molecule has 1 heterocycles. The number of carboxylic acids is 1. The maximum absolute atomic E-state index is 12.5. The number of rotatable bonds is 3. The fraction of sp³-hybridized carbons (Fsp3) is 0.250. The summed E-state index contributed by atoms with van der Waals surface area (Å²) in [5, 5.41) is 13.8. The molecule has 0 aliphatic heterocycles. The first kappa shape index (κ1) is 15.3. The highest BCUT2D eigenvalue weighted by atomic mass is 32.1. The Labute approximate surface area is 127 Å². The highest BCUT2D eigenvalue weighted by molar-refractivity contribution is 7.14. The third-order valence-electron chi connectivity index (χ3n) is 3.10. The molecule has 0 atom stereocenters. The monoisotopic (exact) mass is 303 g/mol. The van der Waals surface area contributed by atoms with Crippen molar-refractivity contribution in [3.8, 4) is 0 Å². The number of hydrogen-bond donors (Lipinski definition) is 2. The summed E-state index contributed by atoms with van der Waals surface area (Å²) in [4.78, 5) is 23.5. The summed E-state index contributed by atoms with van der Waals surface area (Å²) in [6, 6.07) is 8.85. The van der Waals surface area contributed by atoms with Crippen LogP contribution in [0.2, 0.25) is 0 Å². The number of amides is 1. The molecule has 0 aliphatic rings. The molecule has 1 aromatic carbocycles. The van der Waals surface area contributed by atoms with E-state index in [1.165, 1.54) is 17.4 Å². The van der Waals surface area contributed by atoms with E-state index in [4.69, 9.17) is 5.11 Å². The molecule has 110 valence electrons. The van der Waals surface area contributed by atoms with Gasteiger partial charge in [0.1, 0.15) is 5.00 Å². The first-order valence-electron chi connectivity index (χ1n) is 6.52. The lowest BCUT2D eigenvalue weighted by molar-refractivity contribution is 0.0698. The second-order valence-corrected chi connectivity index (χ2v) is 6.63. The van der Waals surface area contributed by atoms with Gasteiger partial charge in [0.25, 0.3) is 5.91 Å². The number of carboxylic acid groups (broad SMARTS) is 1. The Hall–Kier alpha value is -2.14. The Balaban J connectivity index is 2.34.